The van der Waals surface area contributed by atoms with Crippen LogP contribution >= 0.6 is 0 Å². The molecule has 14 heavy (non-hydrogen) atoms. The Hall–Kier alpha value is -0.570. The molecule has 0 spiro atoms. The molecule has 3 aliphatic rings. The summed E-state index contributed by atoms with van der Waals surface area (Å²) < 4.78 is 5.47. The molecule has 0 aromatic heterocycles. The quantitative estimate of drug-likeness (QED) is 0.628. The third kappa shape index (κ3) is 1.18. The van der Waals surface area contributed by atoms with E-state index in [2.05, 4.69) is 4.90 Å². The van der Waals surface area contributed by atoms with Gasteiger partial charge in [0, 0.05) is 5.92 Å². The lowest BCUT2D eigenvalue weighted by Gasteiger charge is -2.39. The molecule has 2 saturated heterocycles. The second-order valence-electron chi connectivity index (χ2n) is 4.80. The van der Waals surface area contributed by atoms with E-state index in [0.717, 1.165) is 38.9 Å². The van der Waals surface area contributed by atoms with Gasteiger partial charge in [-0.1, -0.05) is 6.42 Å². The topological polar surface area (TPSA) is 29.5 Å². The zero-order valence-electron chi connectivity index (χ0n) is 8.45. The highest BCUT2D eigenvalue weighted by Gasteiger charge is 2.43. The summed E-state index contributed by atoms with van der Waals surface area (Å²) in [6.45, 7) is 1.55. The summed E-state index contributed by atoms with van der Waals surface area (Å²) >= 11 is 0. The number of nitrogens with zero attached hydrogens (tertiary/aromatic N) is 1. The van der Waals surface area contributed by atoms with E-state index in [1.807, 2.05) is 0 Å². The van der Waals surface area contributed by atoms with Crippen LogP contribution in [-0.4, -0.2) is 36.1 Å². The first-order chi connectivity index (χ1) is 6.86. The average molecular weight is 195 g/mol. The highest BCUT2D eigenvalue weighted by atomic mass is 16.5. The van der Waals surface area contributed by atoms with Crippen molar-refractivity contribution in [2.75, 3.05) is 13.2 Å². The van der Waals surface area contributed by atoms with Crippen molar-refractivity contribution in [1.82, 2.24) is 4.90 Å². The predicted octanol–water partition coefficient (Wildman–Crippen LogP) is 1.18. The summed E-state index contributed by atoms with van der Waals surface area (Å²) in [5.74, 6) is 0.781. The number of carbonyl (C=O) groups excluding carboxylic acids is 1. The van der Waals surface area contributed by atoms with Crippen molar-refractivity contribution in [1.29, 1.82) is 0 Å². The zero-order chi connectivity index (χ0) is 9.54. The second-order valence-corrected chi connectivity index (χ2v) is 4.80. The Balaban J connectivity index is 1.74. The Morgan fingerprint density at radius 3 is 2.21 bits per heavy atom. The molecule has 3 fully saturated rings. The number of fused-ring (bicyclic) bond motifs is 2. The summed E-state index contributed by atoms with van der Waals surface area (Å²) in [7, 11) is 0. The first-order valence-electron chi connectivity index (χ1n) is 5.76. The Kier molecular flexibility index (Phi) is 2.01. The van der Waals surface area contributed by atoms with Gasteiger partial charge in [-0.25, -0.2) is 0 Å². The van der Waals surface area contributed by atoms with Crippen molar-refractivity contribution in [3.05, 3.63) is 0 Å². The lowest BCUT2D eigenvalue weighted by molar-refractivity contribution is -0.148. The summed E-state index contributed by atoms with van der Waals surface area (Å²) in [5.41, 5.74) is 0. The predicted molar refractivity (Wildman–Crippen MR) is 51.8 cm³/mol. The molecular formula is C11H17NO2. The third-order valence-electron chi connectivity index (χ3n) is 3.95. The van der Waals surface area contributed by atoms with Crippen LogP contribution in [0.5, 0.6) is 0 Å². The molecule has 1 aliphatic carbocycles. The van der Waals surface area contributed by atoms with Crippen LogP contribution in [-0.2, 0) is 9.53 Å². The largest absolute Gasteiger partial charge is 0.377 e. The molecule has 2 unspecified atom stereocenters. The fraction of sp³-hybridized carbons (Fsp3) is 0.909. The fourth-order valence-electron chi connectivity index (χ4n) is 2.85. The molecule has 2 heterocycles. The molecule has 2 atom stereocenters. The van der Waals surface area contributed by atoms with Crippen molar-refractivity contribution in [3.8, 4) is 0 Å². The minimum absolute atomic E-state index is 0.358. The van der Waals surface area contributed by atoms with Crippen LogP contribution in [0.1, 0.15) is 32.1 Å². The van der Waals surface area contributed by atoms with Crippen molar-refractivity contribution in [3.63, 3.8) is 0 Å². The van der Waals surface area contributed by atoms with Gasteiger partial charge < -0.3 is 9.64 Å². The molecule has 1 amide bonds. The van der Waals surface area contributed by atoms with E-state index in [9.17, 15) is 4.79 Å². The molecule has 0 N–H and O–H groups in total. The Morgan fingerprint density at radius 1 is 1.07 bits per heavy atom. The lowest BCUT2D eigenvalue weighted by atomic mass is 9.84. The number of carbonyl (C=O) groups is 1. The van der Waals surface area contributed by atoms with Gasteiger partial charge in [0.15, 0.2) is 0 Å². The molecule has 3 rings (SSSR count). The maximum atomic E-state index is 12.1. The standard InChI is InChI=1S/C11H17NO2/c13-11(8-2-1-3-8)12-9-4-5-10(12)7-14-6-9/h8-10H,1-7H2. The van der Waals surface area contributed by atoms with Crippen LogP contribution in [0, 0.1) is 5.92 Å². The summed E-state index contributed by atoms with van der Waals surface area (Å²) in [4.78, 5) is 14.3. The van der Waals surface area contributed by atoms with Crippen LogP contribution in [0.2, 0.25) is 0 Å². The second kappa shape index (κ2) is 3.23. The van der Waals surface area contributed by atoms with Crippen molar-refractivity contribution in [2.24, 2.45) is 5.92 Å². The minimum atomic E-state index is 0.358. The third-order valence-corrected chi connectivity index (χ3v) is 3.95. The fourth-order valence-corrected chi connectivity index (χ4v) is 2.85. The monoisotopic (exact) mass is 195 g/mol. The van der Waals surface area contributed by atoms with Crippen LogP contribution in [0.3, 0.4) is 0 Å². The minimum Gasteiger partial charge on any atom is -0.377 e. The van der Waals surface area contributed by atoms with E-state index in [1.165, 1.54) is 6.42 Å². The van der Waals surface area contributed by atoms with E-state index in [-0.39, 0.29) is 0 Å². The molecule has 2 aliphatic heterocycles. The smallest absolute Gasteiger partial charge is 0.226 e. The number of hydrogen-bond donors (Lipinski definition) is 0. The number of hydrogen-bond acceptors (Lipinski definition) is 2. The maximum absolute atomic E-state index is 12.1. The van der Waals surface area contributed by atoms with E-state index in [4.69, 9.17) is 4.74 Å². The first-order valence-corrected chi connectivity index (χ1v) is 5.76. The molecule has 3 nitrogen and oxygen atoms in total. The van der Waals surface area contributed by atoms with Crippen molar-refractivity contribution < 1.29 is 9.53 Å². The first kappa shape index (κ1) is 8.72. The number of morpholine rings is 1. The van der Waals surface area contributed by atoms with Crippen LogP contribution in [0.25, 0.3) is 0 Å². The molecule has 2 bridgehead atoms. The van der Waals surface area contributed by atoms with Gasteiger partial charge in [0.05, 0.1) is 25.3 Å². The van der Waals surface area contributed by atoms with Gasteiger partial charge in [0.1, 0.15) is 0 Å². The van der Waals surface area contributed by atoms with Gasteiger partial charge in [-0.05, 0) is 25.7 Å². The van der Waals surface area contributed by atoms with Crippen molar-refractivity contribution >= 4 is 5.91 Å². The van der Waals surface area contributed by atoms with Gasteiger partial charge in [-0.15, -0.1) is 0 Å². The summed E-state index contributed by atoms with van der Waals surface area (Å²) in [6, 6.07) is 0.809. The molecule has 0 aromatic rings. The molecule has 3 heteroatoms. The van der Waals surface area contributed by atoms with Gasteiger partial charge in [0.2, 0.25) is 5.91 Å². The van der Waals surface area contributed by atoms with Crippen LogP contribution in [0.15, 0.2) is 0 Å². The maximum Gasteiger partial charge on any atom is 0.226 e. The highest BCUT2D eigenvalue weighted by molar-refractivity contribution is 5.80. The molecule has 0 aromatic carbocycles. The summed E-state index contributed by atoms with van der Waals surface area (Å²) in [5, 5.41) is 0. The van der Waals surface area contributed by atoms with Crippen LogP contribution in [0.4, 0.5) is 0 Å². The van der Waals surface area contributed by atoms with Gasteiger partial charge in [0.25, 0.3) is 0 Å². The molecule has 78 valence electrons. The normalized spacial score (nSPS) is 37.0. The highest BCUT2D eigenvalue weighted by Crippen LogP contribution is 2.35. The SMILES string of the molecule is O=C(C1CCC1)N1C2CCC1COC2. The summed E-state index contributed by atoms with van der Waals surface area (Å²) in [6.07, 6.45) is 5.80. The zero-order valence-corrected chi connectivity index (χ0v) is 8.45. The van der Waals surface area contributed by atoms with Gasteiger partial charge in [-0.3, -0.25) is 4.79 Å². The Labute approximate surface area is 84.4 Å². The Morgan fingerprint density at radius 2 is 1.71 bits per heavy atom. The lowest BCUT2D eigenvalue weighted by Crippen LogP contribution is -2.52. The van der Waals surface area contributed by atoms with E-state index >= 15 is 0 Å². The Bertz CT molecular complexity index is 234. The van der Waals surface area contributed by atoms with Crippen LogP contribution < -0.4 is 0 Å². The van der Waals surface area contributed by atoms with Gasteiger partial charge in [-0.2, -0.15) is 0 Å². The average Bonchev–Trinajstić information content (AvgIpc) is 2.33. The van der Waals surface area contributed by atoms with Gasteiger partial charge >= 0.3 is 0 Å². The number of amides is 1. The number of rotatable bonds is 1. The van der Waals surface area contributed by atoms with E-state index in [0.29, 0.717) is 23.9 Å². The van der Waals surface area contributed by atoms with E-state index in [1.54, 1.807) is 0 Å². The molecular weight excluding hydrogens is 178 g/mol. The number of ether oxygens (including phenoxy) is 1. The molecule has 0 radical (unpaired) electrons. The van der Waals surface area contributed by atoms with E-state index < -0.39 is 0 Å². The van der Waals surface area contributed by atoms with Crippen molar-refractivity contribution in [2.45, 2.75) is 44.2 Å². The molecule has 1 saturated carbocycles.